The maximum Gasteiger partial charge on any atom is 0.264 e. The number of aryl methyl sites for hydroxylation is 1. The van der Waals surface area contributed by atoms with Crippen molar-refractivity contribution in [3.05, 3.63) is 47.5 Å². The lowest BCUT2D eigenvalue weighted by Gasteiger charge is -2.29. The summed E-state index contributed by atoms with van der Waals surface area (Å²) in [7, 11) is -1.84. The topological polar surface area (TPSA) is 90.0 Å². The van der Waals surface area contributed by atoms with Gasteiger partial charge in [0.15, 0.2) is 33.7 Å². The number of methoxy groups -OCH3 is 1. The van der Waals surface area contributed by atoms with Crippen molar-refractivity contribution in [3.8, 4) is 11.5 Å². The van der Waals surface area contributed by atoms with E-state index in [1.807, 2.05) is 0 Å². The van der Waals surface area contributed by atoms with Gasteiger partial charge in [-0.15, -0.1) is 0 Å². The van der Waals surface area contributed by atoms with Crippen molar-refractivity contribution in [2.24, 2.45) is 0 Å². The monoisotopic (exact) mass is 417 g/mol. The molecule has 0 saturated carbocycles. The van der Waals surface area contributed by atoms with E-state index in [2.05, 4.69) is 0 Å². The Kier molecular flexibility index (Phi) is 5.93. The lowest BCUT2D eigenvalue weighted by atomic mass is 10.0. The highest BCUT2D eigenvalue weighted by Gasteiger charge is 2.24. The quantitative estimate of drug-likeness (QED) is 0.672. The molecule has 1 aliphatic rings. The van der Waals surface area contributed by atoms with Gasteiger partial charge in [-0.25, -0.2) is 8.42 Å². The van der Waals surface area contributed by atoms with Gasteiger partial charge in [0.1, 0.15) is 0 Å². The van der Waals surface area contributed by atoms with Gasteiger partial charge in [-0.2, -0.15) is 0 Å². The molecule has 154 valence electrons. The maximum atomic E-state index is 12.8. The van der Waals surface area contributed by atoms with Crippen LogP contribution >= 0.6 is 0 Å². The third kappa shape index (κ3) is 4.59. The molecule has 0 fully saturated rings. The third-order valence-electron chi connectivity index (χ3n) is 4.82. The van der Waals surface area contributed by atoms with Crippen LogP contribution in [0.2, 0.25) is 0 Å². The van der Waals surface area contributed by atoms with E-state index in [0.717, 1.165) is 12.0 Å². The lowest BCUT2D eigenvalue weighted by Crippen LogP contribution is -2.38. The lowest BCUT2D eigenvalue weighted by molar-refractivity contribution is -0.120. The molecule has 0 aromatic heterocycles. The molecule has 7 nitrogen and oxygen atoms in total. The van der Waals surface area contributed by atoms with Crippen LogP contribution in [0.4, 0.5) is 5.69 Å². The van der Waals surface area contributed by atoms with Crippen LogP contribution in [0.1, 0.15) is 29.3 Å². The van der Waals surface area contributed by atoms with Crippen LogP contribution in [0.25, 0.3) is 0 Å². The van der Waals surface area contributed by atoms with Crippen molar-refractivity contribution in [2.75, 3.05) is 31.4 Å². The Labute approximate surface area is 170 Å². The smallest absolute Gasteiger partial charge is 0.264 e. The minimum absolute atomic E-state index is 0.0932. The Morgan fingerprint density at radius 1 is 1.10 bits per heavy atom. The van der Waals surface area contributed by atoms with Crippen LogP contribution in [0.15, 0.2) is 41.3 Å². The number of benzene rings is 2. The highest BCUT2D eigenvalue weighted by molar-refractivity contribution is 7.90. The van der Waals surface area contributed by atoms with E-state index in [0.29, 0.717) is 35.7 Å². The molecule has 29 heavy (non-hydrogen) atoms. The maximum absolute atomic E-state index is 12.8. The minimum atomic E-state index is -3.30. The zero-order chi connectivity index (χ0) is 21.2. The average Bonchev–Trinajstić information content (AvgIpc) is 2.70. The number of hydrogen-bond acceptors (Lipinski definition) is 6. The van der Waals surface area contributed by atoms with Gasteiger partial charge < -0.3 is 14.4 Å². The number of ether oxygens (including phenoxy) is 2. The second kappa shape index (κ2) is 8.24. The van der Waals surface area contributed by atoms with Crippen LogP contribution in [0.5, 0.6) is 11.5 Å². The van der Waals surface area contributed by atoms with E-state index in [1.54, 1.807) is 35.2 Å². The fraction of sp³-hybridized carbons (Fsp3) is 0.333. The molecule has 0 saturated heterocycles. The molecule has 2 aromatic rings. The first kappa shape index (κ1) is 20.9. The number of rotatable bonds is 6. The van der Waals surface area contributed by atoms with Gasteiger partial charge >= 0.3 is 0 Å². The van der Waals surface area contributed by atoms with Crippen molar-refractivity contribution in [1.82, 2.24) is 0 Å². The molecular weight excluding hydrogens is 394 g/mol. The number of carbonyl (C=O) groups is 2. The van der Waals surface area contributed by atoms with Crippen LogP contribution in [0.3, 0.4) is 0 Å². The number of amides is 1. The highest BCUT2D eigenvalue weighted by Crippen LogP contribution is 2.31. The summed E-state index contributed by atoms with van der Waals surface area (Å²) in [6.45, 7) is 1.79. The van der Waals surface area contributed by atoms with E-state index in [-0.39, 0.29) is 23.2 Å². The van der Waals surface area contributed by atoms with Gasteiger partial charge in [0, 0.05) is 24.1 Å². The molecular formula is C21H23NO6S. The first-order chi connectivity index (χ1) is 13.7. The first-order valence-electron chi connectivity index (χ1n) is 9.16. The number of nitrogens with zero attached hydrogens (tertiary/aromatic N) is 1. The van der Waals surface area contributed by atoms with Crippen LogP contribution in [-0.2, 0) is 21.1 Å². The van der Waals surface area contributed by atoms with Crippen molar-refractivity contribution in [3.63, 3.8) is 0 Å². The molecule has 0 radical (unpaired) electrons. The van der Waals surface area contributed by atoms with Gasteiger partial charge in [0.25, 0.3) is 5.91 Å². The Morgan fingerprint density at radius 3 is 2.52 bits per heavy atom. The molecule has 0 unspecified atom stereocenters. The molecule has 0 atom stereocenters. The summed E-state index contributed by atoms with van der Waals surface area (Å²) in [5.41, 5.74) is 2.03. The van der Waals surface area contributed by atoms with Gasteiger partial charge in [0.2, 0.25) is 0 Å². The Bertz CT molecular complexity index is 1060. The minimum Gasteiger partial charge on any atom is -0.493 e. The summed E-state index contributed by atoms with van der Waals surface area (Å²) in [6.07, 6.45) is 2.62. The molecule has 8 heteroatoms. The Morgan fingerprint density at radius 2 is 1.86 bits per heavy atom. The number of fused-ring (bicyclic) bond motifs is 1. The first-order valence-corrected chi connectivity index (χ1v) is 11.0. The van der Waals surface area contributed by atoms with Crippen LogP contribution in [-0.4, -0.2) is 46.6 Å². The molecule has 1 aliphatic heterocycles. The van der Waals surface area contributed by atoms with Gasteiger partial charge in [-0.3, -0.25) is 9.59 Å². The molecule has 0 aliphatic carbocycles. The van der Waals surface area contributed by atoms with E-state index in [1.165, 1.54) is 26.4 Å². The summed E-state index contributed by atoms with van der Waals surface area (Å²) in [5.74, 6) is 0.415. The number of carbonyl (C=O) groups excluding carboxylic acids is 2. The summed E-state index contributed by atoms with van der Waals surface area (Å²) in [6, 6.07) is 9.62. The number of Topliss-reactive ketones (excluding diaryl/α,β-unsaturated/α-hetero) is 1. The van der Waals surface area contributed by atoms with Gasteiger partial charge in [0.05, 0.1) is 12.0 Å². The zero-order valence-electron chi connectivity index (χ0n) is 16.6. The largest absolute Gasteiger partial charge is 0.493 e. The SMILES string of the molecule is COc1cc(C(C)=O)ccc1OCC(=O)N1CCCc2cc(S(C)(=O)=O)ccc21. The third-order valence-corrected chi connectivity index (χ3v) is 5.93. The van der Waals surface area contributed by atoms with Crippen LogP contribution in [0, 0.1) is 0 Å². The summed E-state index contributed by atoms with van der Waals surface area (Å²) in [5, 5.41) is 0. The fourth-order valence-electron chi connectivity index (χ4n) is 3.29. The van der Waals surface area contributed by atoms with Crippen molar-refractivity contribution >= 4 is 27.2 Å². The van der Waals surface area contributed by atoms with E-state index >= 15 is 0 Å². The summed E-state index contributed by atoms with van der Waals surface area (Å²) >= 11 is 0. The fourth-order valence-corrected chi connectivity index (χ4v) is 3.96. The molecule has 2 aromatic carbocycles. The van der Waals surface area contributed by atoms with Gasteiger partial charge in [-0.1, -0.05) is 0 Å². The molecule has 0 N–H and O–H groups in total. The van der Waals surface area contributed by atoms with Crippen molar-refractivity contribution in [2.45, 2.75) is 24.7 Å². The number of ketones is 1. The van der Waals surface area contributed by atoms with E-state index in [4.69, 9.17) is 9.47 Å². The molecule has 1 amide bonds. The molecule has 0 bridgehead atoms. The van der Waals surface area contributed by atoms with Crippen LogP contribution < -0.4 is 14.4 Å². The van der Waals surface area contributed by atoms with E-state index in [9.17, 15) is 18.0 Å². The average molecular weight is 417 g/mol. The predicted octanol–water partition coefficient (Wildman–Crippen LogP) is 2.66. The second-order valence-corrected chi connectivity index (χ2v) is 8.94. The molecule has 3 rings (SSSR count). The molecule has 1 heterocycles. The summed E-state index contributed by atoms with van der Waals surface area (Å²) in [4.78, 5) is 26.1. The Balaban J connectivity index is 1.77. The normalized spacial score (nSPS) is 13.6. The van der Waals surface area contributed by atoms with Crippen molar-refractivity contribution < 1.29 is 27.5 Å². The molecule has 0 spiro atoms. The van der Waals surface area contributed by atoms with Crippen molar-refractivity contribution in [1.29, 1.82) is 0 Å². The number of anilines is 1. The van der Waals surface area contributed by atoms with Gasteiger partial charge in [-0.05, 0) is 61.7 Å². The Hall–Kier alpha value is -2.87. The summed E-state index contributed by atoms with van der Waals surface area (Å²) < 4.78 is 34.5. The number of sulfone groups is 1. The zero-order valence-corrected chi connectivity index (χ0v) is 17.4. The standard InChI is InChI=1S/C21H23NO6S/c1-14(23)15-6-9-19(20(12-15)27-2)28-13-21(24)22-10-4-5-16-11-17(29(3,25)26)7-8-18(16)22/h6-9,11-12H,4-5,10,13H2,1-3H3. The highest BCUT2D eigenvalue weighted by atomic mass is 32.2. The van der Waals surface area contributed by atoms with E-state index < -0.39 is 9.84 Å². The predicted molar refractivity (Wildman–Crippen MR) is 109 cm³/mol. The number of hydrogen-bond donors (Lipinski definition) is 0. The second-order valence-electron chi connectivity index (χ2n) is 6.92.